The Morgan fingerprint density at radius 1 is 1.19 bits per heavy atom. The first-order valence-electron chi connectivity index (χ1n) is 5.49. The fraction of sp³-hybridized carbons (Fsp3) is 0.500. The Morgan fingerprint density at radius 2 is 1.75 bits per heavy atom. The molecular formula is C12H18Cl2N2. The van der Waals surface area contributed by atoms with Crippen LogP contribution in [0.1, 0.15) is 24.4 Å². The molecule has 16 heavy (non-hydrogen) atoms. The highest BCUT2D eigenvalue weighted by Crippen LogP contribution is 2.27. The Morgan fingerprint density at radius 3 is 2.31 bits per heavy atom. The predicted octanol–water partition coefficient (Wildman–Crippen LogP) is 2.76. The highest BCUT2D eigenvalue weighted by Gasteiger charge is 2.21. The Balaban J connectivity index is 0.00000128. The fourth-order valence-electron chi connectivity index (χ4n) is 2.16. The van der Waals surface area contributed by atoms with Gasteiger partial charge < -0.3 is 11.1 Å². The van der Waals surface area contributed by atoms with Crippen LogP contribution < -0.4 is 11.1 Å². The summed E-state index contributed by atoms with van der Waals surface area (Å²) in [5.41, 5.74) is 7.45. The van der Waals surface area contributed by atoms with Crippen LogP contribution in [0.15, 0.2) is 24.3 Å². The lowest BCUT2D eigenvalue weighted by atomic mass is 9.87. The Labute approximate surface area is 108 Å². The van der Waals surface area contributed by atoms with Crippen molar-refractivity contribution in [2.45, 2.75) is 18.9 Å². The highest BCUT2D eigenvalue weighted by atomic mass is 35.5. The number of halogens is 2. The maximum atomic E-state index is 6.25. The average Bonchev–Trinajstić information content (AvgIpc) is 2.30. The van der Waals surface area contributed by atoms with Crippen molar-refractivity contribution in [1.29, 1.82) is 0 Å². The van der Waals surface area contributed by atoms with Crippen LogP contribution in [0, 0.1) is 5.92 Å². The Kier molecular flexibility index (Phi) is 5.56. The van der Waals surface area contributed by atoms with E-state index in [-0.39, 0.29) is 18.4 Å². The molecule has 1 atom stereocenters. The number of piperidine rings is 1. The lowest BCUT2D eigenvalue weighted by Crippen LogP contribution is -2.33. The van der Waals surface area contributed by atoms with Crippen LogP contribution in [0.4, 0.5) is 0 Å². The van der Waals surface area contributed by atoms with Crippen molar-refractivity contribution < 1.29 is 0 Å². The molecule has 90 valence electrons. The molecule has 2 rings (SSSR count). The third-order valence-electron chi connectivity index (χ3n) is 3.15. The largest absolute Gasteiger partial charge is 0.324 e. The van der Waals surface area contributed by atoms with E-state index in [1.54, 1.807) is 0 Å². The molecule has 3 N–H and O–H groups in total. The molecule has 1 aromatic rings. The van der Waals surface area contributed by atoms with Crippen molar-refractivity contribution in [1.82, 2.24) is 5.32 Å². The summed E-state index contributed by atoms with van der Waals surface area (Å²) in [4.78, 5) is 0. The number of hydrogen-bond acceptors (Lipinski definition) is 2. The lowest BCUT2D eigenvalue weighted by molar-refractivity contribution is 0.322. The van der Waals surface area contributed by atoms with Crippen LogP contribution >= 0.6 is 24.0 Å². The van der Waals surface area contributed by atoms with E-state index in [1.807, 2.05) is 24.3 Å². The van der Waals surface area contributed by atoms with Gasteiger partial charge in [-0.2, -0.15) is 0 Å². The van der Waals surface area contributed by atoms with Gasteiger partial charge in [-0.15, -0.1) is 12.4 Å². The van der Waals surface area contributed by atoms with Gasteiger partial charge in [-0.3, -0.25) is 0 Å². The van der Waals surface area contributed by atoms with E-state index in [0.717, 1.165) is 18.1 Å². The van der Waals surface area contributed by atoms with E-state index in [2.05, 4.69) is 5.32 Å². The van der Waals surface area contributed by atoms with Crippen LogP contribution in [0.5, 0.6) is 0 Å². The zero-order valence-electron chi connectivity index (χ0n) is 9.16. The third kappa shape index (κ3) is 3.36. The van der Waals surface area contributed by atoms with Crippen molar-refractivity contribution in [2.75, 3.05) is 13.1 Å². The predicted molar refractivity (Wildman–Crippen MR) is 71.2 cm³/mol. The molecule has 0 amide bonds. The SMILES string of the molecule is Cl.N[C@@H](c1ccc(Cl)cc1)C1CCNCC1. The van der Waals surface area contributed by atoms with Gasteiger partial charge >= 0.3 is 0 Å². The molecule has 1 heterocycles. The first kappa shape index (κ1) is 13.8. The van der Waals surface area contributed by atoms with Gasteiger partial charge in [0, 0.05) is 11.1 Å². The van der Waals surface area contributed by atoms with E-state index in [0.29, 0.717) is 5.92 Å². The molecule has 0 aromatic heterocycles. The summed E-state index contributed by atoms with van der Waals surface area (Å²) in [7, 11) is 0. The van der Waals surface area contributed by atoms with Crippen LogP contribution in [-0.4, -0.2) is 13.1 Å². The van der Waals surface area contributed by atoms with E-state index in [9.17, 15) is 0 Å². The second-order valence-electron chi connectivity index (χ2n) is 4.16. The third-order valence-corrected chi connectivity index (χ3v) is 3.40. The van der Waals surface area contributed by atoms with E-state index >= 15 is 0 Å². The van der Waals surface area contributed by atoms with Gasteiger partial charge in [0.15, 0.2) is 0 Å². The molecule has 4 heteroatoms. The van der Waals surface area contributed by atoms with Crippen LogP contribution in [0.2, 0.25) is 5.02 Å². The van der Waals surface area contributed by atoms with Crippen molar-refractivity contribution in [3.63, 3.8) is 0 Å². The summed E-state index contributed by atoms with van der Waals surface area (Å²) >= 11 is 5.85. The normalized spacial score (nSPS) is 18.9. The summed E-state index contributed by atoms with van der Waals surface area (Å²) in [5, 5.41) is 4.13. The Hall–Kier alpha value is -0.280. The van der Waals surface area contributed by atoms with Crippen molar-refractivity contribution in [2.24, 2.45) is 11.7 Å². The zero-order valence-corrected chi connectivity index (χ0v) is 10.7. The number of nitrogens with one attached hydrogen (secondary N) is 1. The quantitative estimate of drug-likeness (QED) is 0.859. The number of hydrogen-bond donors (Lipinski definition) is 2. The zero-order chi connectivity index (χ0) is 10.7. The van der Waals surface area contributed by atoms with Crippen molar-refractivity contribution >= 4 is 24.0 Å². The number of rotatable bonds is 2. The molecule has 0 bridgehead atoms. The topological polar surface area (TPSA) is 38.0 Å². The minimum atomic E-state index is 0. The van der Waals surface area contributed by atoms with Crippen LogP contribution in [-0.2, 0) is 0 Å². The molecule has 1 fully saturated rings. The van der Waals surface area contributed by atoms with Gasteiger partial charge in [0.2, 0.25) is 0 Å². The molecule has 1 saturated heterocycles. The maximum Gasteiger partial charge on any atom is 0.0406 e. The van der Waals surface area contributed by atoms with Gasteiger partial charge in [-0.25, -0.2) is 0 Å². The monoisotopic (exact) mass is 260 g/mol. The van der Waals surface area contributed by atoms with Gasteiger partial charge in [0.25, 0.3) is 0 Å². The minimum absolute atomic E-state index is 0. The summed E-state index contributed by atoms with van der Waals surface area (Å²) in [6.45, 7) is 2.18. The fourth-order valence-corrected chi connectivity index (χ4v) is 2.29. The first-order valence-corrected chi connectivity index (χ1v) is 5.87. The highest BCUT2D eigenvalue weighted by molar-refractivity contribution is 6.30. The molecule has 2 nitrogen and oxygen atoms in total. The van der Waals surface area contributed by atoms with E-state index in [4.69, 9.17) is 17.3 Å². The Bertz CT molecular complexity index is 307. The average molecular weight is 261 g/mol. The van der Waals surface area contributed by atoms with Gasteiger partial charge in [0.1, 0.15) is 0 Å². The summed E-state index contributed by atoms with van der Waals surface area (Å²) < 4.78 is 0. The number of nitrogens with two attached hydrogens (primary N) is 1. The standard InChI is InChI=1S/C12H17ClN2.ClH/c13-11-3-1-9(2-4-11)12(14)10-5-7-15-8-6-10;/h1-4,10,12,15H,5-8,14H2;1H/t12-;/m0./s1. The maximum absolute atomic E-state index is 6.25. The molecule has 0 radical (unpaired) electrons. The van der Waals surface area contributed by atoms with Crippen LogP contribution in [0.3, 0.4) is 0 Å². The molecular weight excluding hydrogens is 243 g/mol. The van der Waals surface area contributed by atoms with Crippen molar-refractivity contribution in [3.8, 4) is 0 Å². The van der Waals surface area contributed by atoms with Gasteiger partial charge in [-0.1, -0.05) is 23.7 Å². The molecule has 1 aliphatic rings. The smallest absolute Gasteiger partial charge is 0.0406 e. The minimum Gasteiger partial charge on any atom is -0.324 e. The summed E-state index contributed by atoms with van der Waals surface area (Å²) in [6, 6.07) is 8.06. The van der Waals surface area contributed by atoms with Crippen molar-refractivity contribution in [3.05, 3.63) is 34.9 Å². The van der Waals surface area contributed by atoms with E-state index < -0.39 is 0 Å². The first-order chi connectivity index (χ1) is 7.27. The molecule has 0 saturated carbocycles. The van der Waals surface area contributed by atoms with Crippen LogP contribution in [0.25, 0.3) is 0 Å². The molecule has 1 aromatic carbocycles. The molecule has 0 spiro atoms. The van der Waals surface area contributed by atoms with Gasteiger partial charge in [-0.05, 0) is 49.5 Å². The molecule has 0 aliphatic carbocycles. The summed E-state index contributed by atoms with van der Waals surface area (Å²) in [6.07, 6.45) is 2.34. The second kappa shape index (κ2) is 6.45. The van der Waals surface area contributed by atoms with Gasteiger partial charge in [0.05, 0.1) is 0 Å². The number of benzene rings is 1. The van der Waals surface area contributed by atoms with E-state index in [1.165, 1.54) is 18.4 Å². The molecule has 0 unspecified atom stereocenters. The summed E-state index contributed by atoms with van der Waals surface area (Å²) in [5.74, 6) is 0.604. The second-order valence-corrected chi connectivity index (χ2v) is 4.60. The molecule has 1 aliphatic heterocycles. The lowest BCUT2D eigenvalue weighted by Gasteiger charge is -2.28.